The minimum Gasteiger partial charge on any atom is -0.368 e. The SMILES string of the molecule is N#Cc1ccc(N=C2CCC(OCC(=O)N3CCN(c4cnc5ccccc5c4)CC3)CC2)cc1C(F)(F)F. The Labute approximate surface area is 224 Å². The van der Waals surface area contributed by atoms with Gasteiger partial charge in [0.15, 0.2) is 0 Å². The number of alkyl halides is 3. The maximum atomic E-state index is 13.2. The number of piperazine rings is 1. The average molecular weight is 536 g/mol. The van der Waals surface area contributed by atoms with E-state index >= 15 is 0 Å². The highest BCUT2D eigenvalue weighted by molar-refractivity contribution is 5.87. The summed E-state index contributed by atoms with van der Waals surface area (Å²) in [5.74, 6) is -0.0389. The van der Waals surface area contributed by atoms with Gasteiger partial charge in [-0.05, 0) is 56.0 Å². The zero-order chi connectivity index (χ0) is 27.4. The molecule has 0 bridgehead atoms. The van der Waals surface area contributed by atoms with Gasteiger partial charge in [0.1, 0.15) is 6.61 Å². The second-order valence-corrected chi connectivity index (χ2v) is 9.78. The zero-order valence-electron chi connectivity index (χ0n) is 21.3. The third kappa shape index (κ3) is 6.37. The normalized spacial score (nSPS) is 18.2. The fraction of sp³-hybridized carbons (Fsp3) is 0.379. The van der Waals surface area contributed by atoms with Crippen molar-refractivity contribution >= 4 is 33.9 Å². The van der Waals surface area contributed by atoms with E-state index in [1.165, 1.54) is 6.07 Å². The van der Waals surface area contributed by atoms with Crippen LogP contribution >= 0.6 is 0 Å². The topological polar surface area (TPSA) is 81.8 Å². The number of amides is 1. The molecule has 0 radical (unpaired) electrons. The first-order valence-corrected chi connectivity index (χ1v) is 13.0. The minimum atomic E-state index is -4.61. The van der Waals surface area contributed by atoms with Gasteiger partial charge in [-0.3, -0.25) is 14.8 Å². The van der Waals surface area contributed by atoms with Crippen LogP contribution in [0.1, 0.15) is 36.8 Å². The number of fused-ring (bicyclic) bond motifs is 1. The van der Waals surface area contributed by atoms with Crippen molar-refractivity contribution in [3.05, 3.63) is 65.9 Å². The molecule has 1 aliphatic heterocycles. The second-order valence-electron chi connectivity index (χ2n) is 9.78. The Hall–Kier alpha value is -3.97. The summed E-state index contributed by atoms with van der Waals surface area (Å²) < 4.78 is 45.6. The number of rotatable bonds is 5. The lowest BCUT2D eigenvalue weighted by Crippen LogP contribution is -2.50. The number of aliphatic imine (C=N–C) groups is 1. The number of nitriles is 1. The van der Waals surface area contributed by atoms with Gasteiger partial charge in [-0.1, -0.05) is 18.2 Å². The zero-order valence-corrected chi connectivity index (χ0v) is 21.3. The Morgan fingerprint density at radius 3 is 2.54 bits per heavy atom. The molecule has 5 rings (SSSR count). The number of pyridine rings is 1. The molecule has 1 aromatic heterocycles. The lowest BCUT2D eigenvalue weighted by molar-refractivity contribution is -0.139. The van der Waals surface area contributed by atoms with Crippen molar-refractivity contribution in [2.75, 3.05) is 37.7 Å². The van der Waals surface area contributed by atoms with Crippen LogP contribution in [0, 0.1) is 11.3 Å². The Bertz CT molecular complexity index is 1410. The molecule has 2 aromatic carbocycles. The summed E-state index contributed by atoms with van der Waals surface area (Å²) in [4.78, 5) is 25.7. The Morgan fingerprint density at radius 1 is 1.08 bits per heavy atom. The second kappa shape index (κ2) is 11.4. The molecule has 3 aromatic rings. The van der Waals surface area contributed by atoms with E-state index in [0.29, 0.717) is 38.8 Å². The van der Waals surface area contributed by atoms with Crippen LogP contribution in [0.2, 0.25) is 0 Å². The summed E-state index contributed by atoms with van der Waals surface area (Å²) in [7, 11) is 0. The van der Waals surface area contributed by atoms with Gasteiger partial charge in [0.05, 0.1) is 46.4 Å². The molecule has 1 aliphatic carbocycles. The molecular formula is C29H28F3N5O2. The lowest BCUT2D eigenvalue weighted by Gasteiger charge is -2.36. The first-order chi connectivity index (χ1) is 18.8. The highest BCUT2D eigenvalue weighted by Gasteiger charge is 2.34. The molecule has 2 aliphatic rings. The maximum Gasteiger partial charge on any atom is 0.417 e. The predicted octanol–water partition coefficient (Wildman–Crippen LogP) is 5.51. The van der Waals surface area contributed by atoms with Crippen molar-refractivity contribution in [3.8, 4) is 6.07 Å². The molecule has 202 valence electrons. The van der Waals surface area contributed by atoms with Crippen molar-refractivity contribution in [1.82, 2.24) is 9.88 Å². The molecule has 1 saturated heterocycles. The Kier molecular flexibility index (Phi) is 7.79. The molecule has 0 unspecified atom stereocenters. The van der Waals surface area contributed by atoms with Crippen LogP contribution < -0.4 is 4.90 Å². The molecule has 10 heteroatoms. The van der Waals surface area contributed by atoms with Crippen LogP contribution in [-0.2, 0) is 15.7 Å². The number of nitrogens with zero attached hydrogens (tertiary/aromatic N) is 5. The minimum absolute atomic E-state index is 0.0131. The third-order valence-corrected chi connectivity index (χ3v) is 7.24. The van der Waals surface area contributed by atoms with E-state index in [9.17, 15) is 18.0 Å². The van der Waals surface area contributed by atoms with E-state index in [1.54, 1.807) is 6.07 Å². The van der Waals surface area contributed by atoms with Gasteiger partial charge in [0.25, 0.3) is 0 Å². The maximum absolute atomic E-state index is 13.2. The van der Waals surface area contributed by atoms with E-state index in [2.05, 4.69) is 20.9 Å². The smallest absolute Gasteiger partial charge is 0.368 e. The summed E-state index contributed by atoms with van der Waals surface area (Å²) in [6.45, 7) is 2.68. The number of carbonyl (C=O) groups is 1. The first-order valence-electron chi connectivity index (χ1n) is 13.0. The quantitative estimate of drug-likeness (QED) is 0.431. The van der Waals surface area contributed by atoms with Gasteiger partial charge in [-0.25, -0.2) is 0 Å². The summed E-state index contributed by atoms with van der Waals surface area (Å²) in [6.07, 6.45) is -0.365. The van der Waals surface area contributed by atoms with Crippen LogP contribution in [0.3, 0.4) is 0 Å². The number of halogens is 3. The molecule has 2 heterocycles. The van der Waals surface area contributed by atoms with Gasteiger partial charge in [-0.15, -0.1) is 0 Å². The van der Waals surface area contributed by atoms with Gasteiger partial charge >= 0.3 is 6.18 Å². The van der Waals surface area contributed by atoms with Crippen molar-refractivity contribution in [3.63, 3.8) is 0 Å². The molecule has 39 heavy (non-hydrogen) atoms. The number of benzene rings is 2. The molecule has 0 N–H and O–H groups in total. The van der Waals surface area contributed by atoms with Crippen LogP contribution in [0.25, 0.3) is 10.9 Å². The Morgan fingerprint density at radius 2 is 1.82 bits per heavy atom. The predicted molar refractivity (Wildman–Crippen MR) is 142 cm³/mol. The van der Waals surface area contributed by atoms with Gasteiger partial charge in [-0.2, -0.15) is 18.4 Å². The highest BCUT2D eigenvalue weighted by Crippen LogP contribution is 2.35. The van der Waals surface area contributed by atoms with E-state index in [0.717, 1.165) is 47.5 Å². The van der Waals surface area contributed by atoms with Gasteiger partial charge in [0, 0.05) is 37.3 Å². The standard InChI is InChI=1S/C29H28F3N5O2/c30-29(31,32)26-16-23(6-5-21(26)17-33)35-22-7-9-25(10-8-22)39-19-28(38)37-13-11-36(12-14-37)24-15-20-3-1-2-4-27(20)34-18-24/h1-6,15-16,18,25H,7-14,19H2. The number of ether oxygens (including phenoxy) is 1. The van der Waals surface area contributed by atoms with E-state index in [4.69, 9.17) is 10.00 Å². The third-order valence-electron chi connectivity index (χ3n) is 7.24. The molecule has 2 fully saturated rings. The van der Waals surface area contributed by atoms with Crippen molar-refractivity contribution in [1.29, 1.82) is 5.26 Å². The largest absolute Gasteiger partial charge is 0.417 e. The number of hydrogen-bond acceptors (Lipinski definition) is 6. The number of aromatic nitrogens is 1. The lowest BCUT2D eigenvalue weighted by atomic mass is 9.95. The average Bonchev–Trinajstić information content (AvgIpc) is 2.96. The fourth-order valence-electron chi connectivity index (χ4n) is 5.05. The van der Waals surface area contributed by atoms with E-state index in [1.807, 2.05) is 35.4 Å². The van der Waals surface area contributed by atoms with Gasteiger partial charge in [0.2, 0.25) is 5.91 Å². The number of hydrogen-bond donors (Lipinski definition) is 0. The summed E-state index contributed by atoms with van der Waals surface area (Å²) in [5.41, 5.74) is 1.59. The molecule has 0 spiro atoms. The van der Waals surface area contributed by atoms with Crippen molar-refractivity contribution < 1.29 is 22.7 Å². The summed E-state index contributed by atoms with van der Waals surface area (Å²) in [5, 5.41) is 10.0. The summed E-state index contributed by atoms with van der Waals surface area (Å²) >= 11 is 0. The fourth-order valence-corrected chi connectivity index (χ4v) is 5.05. The summed E-state index contributed by atoms with van der Waals surface area (Å²) in [6, 6.07) is 15.2. The highest BCUT2D eigenvalue weighted by atomic mass is 19.4. The number of para-hydroxylation sites is 1. The monoisotopic (exact) mass is 535 g/mol. The Balaban J connectivity index is 1.08. The molecule has 0 atom stereocenters. The van der Waals surface area contributed by atoms with Crippen LogP contribution in [0.15, 0.2) is 59.7 Å². The molecule has 1 saturated carbocycles. The van der Waals surface area contributed by atoms with Crippen molar-refractivity contribution in [2.45, 2.75) is 38.0 Å². The number of anilines is 1. The molecule has 7 nitrogen and oxygen atoms in total. The number of carbonyl (C=O) groups excluding carboxylic acids is 1. The molecular weight excluding hydrogens is 507 g/mol. The van der Waals surface area contributed by atoms with Crippen molar-refractivity contribution in [2.24, 2.45) is 4.99 Å². The molecule has 1 amide bonds. The van der Waals surface area contributed by atoms with Crippen LogP contribution in [-0.4, -0.2) is 60.4 Å². The van der Waals surface area contributed by atoms with E-state index < -0.39 is 17.3 Å². The van der Waals surface area contributed by atoms with Crippen LogP contribution in [0.4, 0.5) is 24.5 Å². The van der Waals surface area contributed by atoms with Crippen LogP contribution in [0.5, 0.6) is 0 Å². The van der Waals surface area contributed by atoms with Gasteiger partial charge < -0.3 is 14.5 Å². The first kappa shape index (κ1) is 26.6. The van der Waals surface area contributed by atoms with E-state index in [-0.39, 0.29) is 24.3 Å².